The molecule has 1 aromatic heterocycles. The lowest BCUT2D eigenvalue weighted by Crippen LogP contribution is -2.55. The number of aliphatic hydroxyl groups is 4. The fourth-order valence-electron chi connectivity index (χ4n) is 3.64. The second-order valence-corrected chi connectivity index (χ2v) is 7.05. The van der Waals surface area contributed by atoms with Gasteiger partial charge < -0.3 is 50.0 Å². The van der Waals surface area contributed by atoms with Crippen LogP contribution >= 0.6 is 0 Å². The van der Waals surface area contributed by atoms with Crippen LogP contribution in [0.5, 0.6) is 23.0 Å². The van der Waals surface area contributed by atoms with Gasteiger partial charge in [-0.15, -0.1) is 0 Å². The molecular formula is C19H18O11. The zero-order valence-electron chi connectivity index (χ0n) is 15.1. The normalized spacial score (nSPS) is 27.0. The Kier molecular flexibility index (Phi) is 4.71. The summed E-state index contributed by atoms with van der Waals surface area (Å²) in [4.78, 5) is 12.9. The maximum atomic E-state index is 12.9. The molecule has 0 unspecified atom stereocenters. The van der Waals surface area contributed by atoms with Gasteiger partial charge in [0, 0.05) is 12.1 Å². The molecular weight excluding hydrogens is 404 g/mol. The number of aliphatic hydroxyl groups excluding tert-OH is 4. The number of benzene rings is 2. The first-order valence-corrected chi connectivity index (χ1v) is 8.83. The minimum absolute atomic E-state index is 0.123. The molecule has 1 fully saturated rings. The second-order valence-electron chi connectivity index (χ2n) is 7.05. The maximum Gasteiger partial charge on any atom is 0.204 e. The van der Waals surface area contributed by atoms with E-state index >= 15 is 0 Å². The lowest BCUT2D eigenvalue weighted by molar-refractivity contribution is -0.232. The molecule has 11 heteroatoms. The van der Waals surface area contributed by atoms with Crippen molar-refractivity contribution >= 4 is 21.9 Å². The molecule has 3 aromatic rings. The van der Waals surface area contributed by atoms with E-state index in [0.717, 1.165) is 18.2 Å². The molecule has 1 aliphatic rings. The first-order valence-electron chi connectivity index (χ1n) is 8.83. The SMILES string of the molecule is O=c1c2cc(O)c(O)cc2oc2cc(O)c([C@H]3O[C@@H](CO)[C@@H](O)[C@@H](O)[C@H]3O)c(O)c12. The van der Waals surface area contributed by atoms with Crippen LogP contribution in [0.4, 0.5) is 0 Å². The summed E-state index contributed by atoms with van der Waals surface area (Å²) in [5.41, 5.74) is -1.66. The molecule has 0 aliphatic carbocycles. The molecule has 0 radical (unpaired) electrons. The monoisotopic (exact) mass is 422 g/mol. The number of phenols is 4. The van der Waals surface area contributed by atoms with E-state index in [2.05, 4.69) is 0 Å². The number of fused-ring (bicyclic) bond motifs is 2. The molecule has 11 nitrogen and oxygen atoms in total. The van der Waals surface area contributed by atoms with Crippen molar-refractivity contribution in [1.29, 1.82) is 0 Å². The highest BCUT2D eigenvalue weighted by atomic mass is 16.5. The Morgan fingerprint density at radius 2 is 1.47 bits per heavy atom. The van der Waals surface area contributed by atoms with Gasteiger partial charge in [0.2, 0.25) is 5.43 Å². The van der Waals surface area contributed by atoms with Crippen LogP contribution in [-0.2, 0) is 4.74 Å². The van der Waals surface area contributed by atoms with Gasteiger partial charge in [-0.2, -0.15) is 0 Å². The van der Waals surface area contributed by atoms with Crippen molar-refractivity contribution in [3.8, 4) is 23.0 Å². The van der Waals surface area contributed by atoms with Crippen molar-refractivity contribution in [2.24, 2.45) is 0 Å². The third-order valence-corrected chi connectivity index (χ3v) is 5.23. The predicted molar refractivity (Wildman–Crippen MR) is 99.4 cm³/mol. The van der Waals surface area contributed by atoms with Crippen LogP contribution < -0.4 is 5.43 Å². The molecule has 160 valence electrons. The minimum atomic E-state index is -1.81. The third kappa shape index (κ3) is 2.83. The second kappa shape index (κ2) is 7.00. The van der Waals surface area contributed by atoms with Crippen molar-refractivity contribution in [2.75, 3.05) is 6.61 Å². The fourth-order valence-corrected chi connectivity index (χ4v) is 3.64. The largest absolute Gasteiger partial charge is 0.507 e. The Balaban J connectivity index is 1.98. The zero-order chi connectivity index (χ0) is 21.9. The summed E-state index contributed by atoms with van der Waals surface area (Å²) in [5.74, 6) is -2.62. The van der Waals surface area contributed by atoms with E-state index in [1.807, 2.05) is 0 Å². The number of hydrogen-bond donors (Lipinski definition) is 8. The van der Waals surface area contributed by atoms with Gasteiger partial charge in [-0.3, -0.25) is 4.79 Å². The van der Waals surface area contributed by atoms with Gasteiger partial charge in [0.05, 0.1) is 17.6 Å². The summed E-state index contributed by atoms with van der Waals surface area (Å²) in [5, 5.41) is 79.4. The van der Waals surface area contributed by atoms with Crippen LogP contribution in [-0.4, -0.2) is 71.9 Å². The summed E-state index contributed by atoms with van der Waals surface area (Å²) in [6.07, 6.45) is -8.16. The summed E-state index contributed by atoms with van der Waals surface area (Å²) in [6, 6.07) is 2.90. The Labute approximate surface area is 166 Å². The van der Waals surface area contributed by atoms with Gasteiger partial charge in [0.1, 0.15) is 58.6 Å². The summed E-state index contributed by atoms with van der Waals surface area (Å²) < 4.78 is 10.8. The van der Waals surface area contributed by atoms with Crippen LogP contribution in [0.25, 0.3) is 21.9 Å². The van der Waals surface area contributed by atoms with E-state index in [1.165, 1.54) is 0 Å². The van der Waals surface area contributed by atoms with Crippen molar-refractivity contribution in [1.82, 2.24) is 0 Å². The molecule has 0 spiro atoms. The molecule has 0 bridgehead atoms. The van der Waals surface area contributed by atoms with Gasteiger partial charge in [-0.25, -0.2) is 0 Å². The number of rotatable bonds is 2. The van der Waals surface area contributed by atoms with Crippen LogP contribution in [0.2, 0.25) is 0 Å². The van der Waals surface area contributed by atoms with Crippen LogP contribution in [0.3, 0.4) is 0 Å². The van der Waals surface area contributed by atoms with Gasteiger partial charge in [-0.05, 0) is 6.07 Å². The van der Waals surface area contributed by atoms with E-state index < -0.39 is 76.5 Å². The van der Waals surface area contributed by atoms with E-state index in [4.69, 9.17) is 9.15 Å². The van der Waals surface area contributed by atoms with E-state index in [9.17, 15) is 45.6 Å². The molecule has 1 saturated heterocycles. The third-order valence-electron chi connectivity index (χ3n) is 5.23. The number of hydrogen-bond acceptors (Lipinski definition) is 11. The van der Waals surface area contributed by atoms with Crippen molar-refractivity contribution < 1.29 is 50.0 Å². The Hall–Kier alpha value is -3.09. The van der Waals surface area contributed by atoms with Crippen molar-refractivity contribution in [2.45, 2.75) is 30.5 Å². The van der Waals surface area contributed by atoms with Crippen molar-refractivity contribution in [3.05, 3.63) is 34.0 Å². The summed E-state index contributed by atoms with van der Waals surface area (Å²) in [6.45, 7) is -0.730. The maximum absolute atomic E-state index is 12.9. The molecule has 0 saturated carbocycles. The predicted octanol–water partition coefficient (Wildman–Crippen LogP) is -0.717. The Morgan fingerprint density at radius 1 is 0.833 bits per heavy atom. The van der Waals surface area contributed by atoms with Gasteiger partial charge in [0.25, 0.3) is 0 Å². The molecule has 5 atom stereocenters. The Bertz CT molecular complexity index is 1200. The zero-order valence-corrected chi connectivity index (χ0v) is 15.1. The molecule has 2 aromatic carbocycles. The first kappa shape index (κ1) is 20.2. The average molecular weight is 422 g/mol. The van der Waals surface area contributed by atoms with E-state index in [-0.39, 0.29) is 16.6 Å². The van der Waals surface area contributed by atoms with Crippen LogP contribution in [0, 0.1) is 0 Å². The quantitative estimate of drug-likeness (QED) is 0.191. The minimum Gasteiger partial charge on any atom is -0.507 e. The highest BCUT2D eigenvalue weighted by molar-refractivity contribution is 5.96. The average Bonchev–Trinajstić information content (AvgIpc) is 2.69. The van der Waals surface area contributed by atoms with Gasteiger partial charge in [-0.1, -0.05) is 0 Å². The smallest absolute Gasteiger partial charge is 0.204 e. The number of phenolic OH excluding ortho intramolecular Hbond substituents is 4. The highest BCUT2D eigenvalue weighted by Gasteiger charge is 2.46. The van der Waals surface area contributed by atoms with E-state index in [0.29, 0.717) is 0 Å². The summed E-state index contributed by atoms with van der Waals surface area (Å²) >= 11 is 0. The number of aromatic hydroxyl groups is 4. The van der Waals surface area contributed by atoms with Gasteiger partial charge in [0.15, 0.2) is 11.5 Å². The van der Waals surface area contributed by atoms with Gasteiger partial charge >= 0.3 is 0 Å². The lowest BCUT2D eigenvalue weighted by Gasteiger charge is -2.40. The molecule has 1 aliphatic heterocycles. The Morgan fingerprint density at radius 3 is 2.13 bits per heavy atom. The lowest BCUT2D eigenvalue weighted by atomic mass is 9.89. The molecule has 4 rings (SSSR count). The number of ether oxygens (including phenoxy) is 1. The standard InChI is InChI=1S/C19H18O11/c20-4-11-15(25)17(27)18(28)19(30-11)12-8(23)3-10-13(16(12)26)14(24)5-1-6(21)7(22)2-9(5)29-10/h1-3,11,15,17-23,25-28H,4H2/t11-,15+,17+,18+,19+/m0/s1. The summed E-state index contributed by atoms with van der Waals surface area (Å²) in [7, 11) is 0. The van der Waals surface area contributed by atoms with Crippen molar-refractivity contribution in [3.63, 3.8) is 0 Å². The molecule has 30 heavy (non-hydrogen) atoms. The highest BCUT2D eigenvalue weighted by Crippen LogP contribution is 2.45. The topological polar surface area (TPSA) is 201 Å². The molecule has 8 N–H and O–H groups in total. The van der Waals surface area contributed by atoms with Crippen LogP contribution in [0.15, 0.2) is 27.4 Å². The van der Waals surface area contributed by atoms with E-state index in [1.54, 1.807) is 0 Å². The van der Waals surface area contributed by atoms with Crippen LogP contribution in [0.1, 0.15) is 11.7 Å². The molecule has 2 heterocycles. The first-order chi connectivity index (χ1) is 14.1. The molecule has 0 amide bonds. The fraction of sp³-hybridized carbons (Fsp3) is 0.316.